The molecule has 0 spiro atoms. The Morgan fingerprint density at radius 2 is 1.30 bits per heavy atom. The van der Waals surface area contributed by atoms with Gasteiger partial charge in [-0.05, 0) is 79.9 Å². The van der Waals surface area contributed by atoms with Gasteiger partial charge in [0.15, 0.2) is 11.6 Å². The molecule has 2 aliphatic rings. The second-order valence-corrected chi connectivity index (χ2v) is 9.85. The fourth-order valence-corrected chi connectivity index (χ4v) is 5.77. The molecule has 0 aliphatic heterocycles. The first-order chi connectivity index (χ1) is 14.7. The van der Waals surface area contributed by atoms with Crippen LogP contribution in [0.1, 0.15) is 108 Å². The number of halogens is 3. The van der Waals surface area contributed by atoms with Gasteiger partial charge in [0, 0.05) is 0 Å². The highest BCUT2D eigenvalue weighted by atomic mass is 19.2. The van der Waals surface area contributed by atoms with E-state index in [1.54, 1.807) is 12.1 Å². The van der Waals surface area contributed by atoms with Crippen LogP contribution in [-0.2, 0) is 0 Å². The summed E-state index contributed by atoms with van der Waals surface area (Å²) in [5.74, 6) is 1.61. The molecule has 0 heterocycles. The summed E-state index contributed by atoms with van der Waals surface area (Å²) in [6.45, 7) is 0. The highest BCUT2D eigenvalue weighted by molar-refractivity contribution is 5.22. The molecule has 2 fully saturated rings. The average molecular weight is 421 g/mol. The van der Waals surface area contributed by atoms with Gasteiger partial charge in [-0.1, -0.05) is 69.9 Å². The molecule has 0 N–H and O–H groups in total. The average Bonchev–Trinajstić information content (AvgIpc) is 2.78. The van der Waals surface area contributed by atoms with Crippen LogP contribution in [0.4, 0.5) is 13.2 Å². The van der Waals surface area contributed by atoms with Gasteiger partial charge in [0.05, 0.1) is 6.33 Å². The molecule has 1 aromatic rings. The van der Waals surface area contributed by atoms with Crippen molar-refractivity contribution in [2.24, 2.45) is 17.8 Å². The zero-order chi connectivity index (χ0) is 21.2. The van der Waals surface area contributed by atoms with Crippen LogP contribution in [0.3, 0.4) is 0 Å². The van der Waals surface area contributed by atoms with E-state index in [1.807, 2.05) is 0 Å². The molecule has 0 bridgehead atoms. The fourth-order valence-electron chi connectivity index (χ4n) is 5.77. The lowest BCUT2D eigenvalue weighted by Crippen LogP contribution is -2.18. The molecule has 0 nitrogen and oxygen atoms in total. The number of allylic oxidation sites excluding steroid dienone is 1. The van der Waals surface area contributed by atoms with Crippen LogP contribution in [0.25, 0.3) is 0 Å². The van der Waals surface area contributed by atoms with Gasteiger partial charge in [0.2, 0.25) is 0 Å². The van der Waals surface area contributed by atoms with Crippen molar-refractivity contribution in [1.29, 1.82) is 0 Å². The molecule has 2 aliphatic carbocycles. The summed E-state index contributed by atoms with van der Waals surface area (Å²) in [7, 11) is 0. The van der Waals surface area contributed by atoms with Crippen LogP contribution >= 0.6 is 0 Å². The van der Waals surface area contributed by atoms with Crippen LogP contribution in [0.5, 0.6) is 0 Å². The van der Waals surface area contributed by atoms with Crippen molar-refractivity contribution in [3.8, 4) is 0 Å². The van der Waals surface area contributed by atoms with Crippen molar-refractivity contribution in [3.05, 3.63) is 47.8 Å². The van der Waals surface area contributed by atoms with Crippen LogP contribution in [0, 0.1) is 29.4 Å². The summed E-state index contributed by atoms with van der Waals surface area (Å²) in [4.78, 5) is 0. The van der Waals surface area contributed by atoms with E-state index in [2.05, 4.69) is 0 Å². The van der Waals surface area contributed by atoms with Gasteiger partial charge in [-0.15, -0.1) is 0 Å². The van der Waals surface area contributed by atoms with E-state index in [-0.39, 0.29) is 0 Å². The number of hydrogen-bond acceptors (Lipinski definition) is 0. The molecule has 0 saturated heterocycles. The van der Waals surface area contributed by atoms with E-state index in [9.17, 15) is 13.2 Å². The highest BCUT2D eigenvalue weighted by Gasteiger charge is 2.25. The van der Waals surface area contributed by atoms with Gasteiger partial charge in [0.25, 0.3) is 0 Å². The summed E-state index contributed by atoms with van der Waals surface area (Å²) in [5.41, 5.74) is 0.976. The predicted molar refractivity (Wildman–Crippen MR) is 119 cm³/mol. The van der Waals surface area contributed by atoms with Gasteiger partial charge in [0.1, 0.15) is 0 Å². The van der Waals surface area contributed by atoms with Crippen molar-refractivity contribution in [2.75, 3.05) is 0 Å². The number of benzene rings is 1. The predicted octanol–water partition coefficient (Wildman–Crippen LogP) is 9.26. The van der Waals surface area contributed by atoms with E-state index in [0.29, 0.717) is 12.2 Å². The first kappa shape index (κ1) is 23.4. The second-order valence-electron chi connectivity index (χ2n) is 9.85. The van der Waals surface area contributed by atoms with Crippen LogP contribution < -0.4 is 0 Å². The molecule has 3 heteroatoms. The SMILES string of the molecule is FC=CCCCCCC1CCC(CCC2CCC(c3ccc(F)c(F)c3)CC2)CC1. The van der Waals surface area contributed by atoms with E-state index in [4.69, 9.17) is 0 Å². The summed E-state index contributed by atoms with van der Waals surface area (Å²) >= 11 is 0. The van der Waals surface area contributed by atoms with Crippen molar-refractivity contribution < 1.29 is 13.2 Å². The Hall–Kier alpha value is -1.25. The molecule has 2 saturated carbocycles. The third kappa shape index (κ3) is 7.46. The van der Waals surface area contributed by atoms with E-state index in [0.717, 1.165) is 49.0 Å². The molecule has 0 aromatic heterocycles. The van der Waals surface area contributed by atoms with Crippen LogP contribution in [-0.4, -0.2) is 0 Å². The summed E-state index contributed by atoms with van der Waals surface area (Å²) in [5, 5.41) is 0. The topological polar surface area (TPSA) is 0 Å². The lowest BCUT2D eigenvalue weighted by molar-refractivity contribution is 0.222. The first-order valence-corrected chi connectivity index (χ1v) is 12.4. The largest absolute Gasteiger partial charge is 0.216 e. The molecule has 0 atom stereocenters. The minimum absolute atomic E-state index is 0.403. The van der Waals surface area contributed by atoms with E-state index in [1.165, 1.54) is 82.8 Å². The minimum atomic E-state index is -0.742. The molecule has 0 unspecified atom stereocenters. The molecular formula is C27H39F3. The van der Waals surface area contributed by atoms with Crippen LogP contribution in [0.15, 0.2) is 30.6 Å². The lowest BCUT2D eigenvalue weighted by atomic mass is 9.74. The molecular weight excluding hydrogens is 381 g/mol. The van der Waals surface area contributed by atoms with Gasteiger partial charge in [-0.25, -0.2) is 13.2 Å². The zero-order valence-electron chi connectivity index (χ0n) is 18.4. The fraction of sp³-hybridized carbons (Fsp3) is 0.704. The maximum Gasteiger partial charge on any atom is 0.159 e. The van der Waals surface area contributed by atoms with Gasteiger partial charge in [-0.3, -0.25) is 0 Å². The monoisotopic (exact) mass is 420 g/mol. The normalized spacial score (nSPS) is 27.6. The van der Waals surface area contributed by atoms with Gasteiger partial charge < -0.3 is 0 Å². The smallest absolute Gasteiger partial charge is 0.159 e. The standard InChI is InChI=1S/C27H39F3/c28-19-5-3-1-2-4-6-21-7-9-22(10-8-21)11-12-23-13-15-24(16-14-23)25-17-18-26(29)27(30)20-25/h5,17-24H,1-4,6-16H2. The van der Waals surface area contributed by atoms with Gasteiger partial charge >= 0.3 is 0 Å². The highest BCUT2D eigenvalue weighted by Crippen LogP contribution is 2.40. The van der Waals surface area contributed by atoms with Crippen LogP contribution in [0.2, 0.25) is 0 Å². The minimum Gasteiger partial charge on any atom is -0.216 e. The van der Waals surface area contributed by atoms with Gasteiger partial charge in [-0.2, -0.15) is 0 Å². The van der Waals surface area contributed by atoms with E-state index < -0.39 is 11.6 Å². The Bertz CT molecular complexity index is 638. The third-order valence-electron chi connectivity index (χ3n) is 7.78. The molecule has 3 rings (SSSR count). The summed E-state index contributed by atoms with van der Waals surface area (Å²) < 4.78 is 38.6. The quantitative estimate of drug-likeness (QED) is 0.331. The second kappa shape index (κ2) is 12.6. The molecule has 1 aromatic carbocycles. The molecule has 168 valence electrons. The Labute approximate surface area is 181 Å². The molecule has 0 radical (unpaired) electrons. The Morgan fingerprint density at radius 3 is 1.90 bits per heavy atom. The molecule has 30 heavy (non-hydrogen) atoms. The maximum absolute atomic E-state index is 13.5. The van der Waals surface area contributed by atoms with Crippen molar-refractivity contribution in [2.45, 2.75) is 102 Å². The number of unbranched alkanes of at least 4 members (excludes halogenated alkanes) is 3. The van der Waals surface area contributed by atoms with Crippen molar-refractivity contribution in [1.82, 2.24) is 0 Å². The Balaban J connectivity index is 1.26. The zero-order valence-corrected chi connectivity index (χ0v) is 18.4. The Kier molecular flexibility index (Phi) is 9.81. The van der Waals surface area contributed by atoms with E-state index >= 15 is 0 Å². The third-order valence-corrected chi connectivity index (χ3v) is 7.78. The number of rotatable bonds is 10. The molecule has 0 amide bonds. The maximum atomic E-state index is 13.5. The first-order valence-electron chi connectivity index (χ1n) is 12.4. The van der Waals surface area contributed by atoms with Crippen molar-refractivity contribution in [3.63, 3.8) is 0 Å². The van der Waals surface area contributed by atoms with Crippen molar-refractivity contribution >= 4 is 0 Å². The Morgan fingerprint density at radius 1 is 0.700 bits per heavy atom. The lowest BCUT2D eigenvalue weighted by Gasteiger charge is -2.32. The number of hydrogen-bond donors (Lipinski definition) is 0. The summed E-state index contributed by atoms with van der Waals surface area (Å²) in [6.07, 6.45) is 21.2. The summed E-state index contributed by atoms with van der Waals surface area (Å²) in [6, 6.07) is 4.44.